The topological polar surface area (TPSA) is 446 Å². The molecule has 0 spiro atoms. The lowest BCUT2D eigenvalue weighted by molar-refractivity contribution is -0.142. The van der Waals surface area contributed by atoms with Crippen molar-refractivity contribution in [3.8, 4) is 11.5 Å². The second-order valence-corrected chi connectivity index (χ2v) is 23.8. The summed E-state index contributed by atoms with van der Waals surface area (Å²) >= 11 is 0. The molecular weight excluding hydrogens is 1270 g/mol. The number of aromatic hydroxyl groups is 2. The smallest absolute Gasteiger partial charge is 0.408 e. The molecule has 8 atom stereocenters. The Kier molecular flexibility index (Phi) is 29.0. The molecule has 97 heavy (non-hydrogen) atoms. The van der Waals surface area contributed by atoms with E-state index in [0.717, 1.165) is 0 Å². The van der Waals surface area contributed by atoms with E-state index in [-0.39, 0.29) is 107 Å². The summed E-state index contributed by atoms with van der Waals surface area (Å²) in [6.07, 6.45) is 0.811. The van der Waals surface area contributed by atoms with E-state index in [9.17, 15) is 63.3 Å². The van der Waals surface area contributed by atoms with Crippen LogP contribution < -0.4 is 59.7 Å². The summed E-state index contributed by atoms with van der Waals surface area (Å²) in [5.74, 6) is -8.27. The number of primary amides is 1. The fourth-order valence-corrected chi connectivity index (χ4v) is 10.9. The van der Waals surface area contributed by atoms with Gasteiger partial charge in [0.2, 0.25) is 53.2 Å². The number of hydrogen-bond acceptors (Lipinski definition) is 15. The molecule has 1 aliphatic heterocycles. The number of aliphatic hydroxyl groups excluding tert-OH is 1. The number of phenols is 2. The zero-order valence-corrected chi connectivity index (χ0v) is 54.6. The number of amides is 10. The molecular formula is C68H85ClN14O14. The summed E-state index contributed by atoms with van der Waals surface area (Å²) in [6, 6.07) is 24.8. The Morgan fingerprint density at radius 1 is 0.577 bits per heavy atom. The molecule has 5 aromatic carbocycles. The van der Waals surface area contributed by atoms with Gasteiger partial charge in [0.05, 0.1) is 13.2 Å². The number of ether oxygens (including phenoxy) is 1. The average Bonchev–Trinajstić information content (AvgIpc) is 1.72. The van der Waals surface area contributed by atoms with Crippen molar-refractivity contribution in [1.82, 2.24) is 52.4 Å². The van der Waals surface area contributed by atoms with Crippen molar-refractivity contribution in [3.05, 3.63) is 167 Å². The van der Waals surface area contributed by atoms with Crippen molar-refractivity contribution in [1.29, 1.82) is 0 Å². The Morgan fingerprint density at radius 3 is 1.58 bits per heavy atom. The first-order valence-electron chi connectivity index (χ1n) is 31.5. The molecule has 18 N–H and O–H groups in total. The summed E-state index contributed by atoms with van der Waals surface area (Å²) in [6.45, 7) is 2.16. The van der Waals surface area contributed by atoms with Crippen LogP contribution in [0.1, 0.15) is 73.8 Å². The third-order valence-electron chi connectivity index (χ3n) is 15.8. The fraction of sp³-hybridized carbons (Fsp3) is 0.368. The predicted octanol–water partition coefficient (Wildman–Crippen LogP) is 1.16. The van der Waals surface area contributed by atoms with Crippen molar-refractivity contribution in [2.24, 2.45) is 28.1 Å². The van der Waals surface area contributed by atoms with Crippen LogP contribution >= 0.6 is 12.4 Å². The van der Waals surface area contributed by atoms with Crippen molar-refractivity contribution >= 4 is 88.5 Å². The second kappa shape index (κ2) is 37.4. The minimum absolute atomic E-state index is 0. The van der Waals surface area contributed by atoms with Gasteiger partial charge in [-0.2, -0.15) is 0 Å². The number of guanidine groups is 1. The van der Waals surface area contributed by atoms with Crippen LogP contribution in [0.2, 0.25) is 0 Å². The SMILES string of the molecule is CC(C)C[C@H](NC(=O)[C@@H](Cc1ccc(O)cc1)NC(=O)[C@H](Cc1ccc(O)cc1)NC(=O)[C@H](CO)NC(=O)[C@H](Cc1c[nH]c2ccccc12)NC(=O)[C@@H](Cc1ccccc1)NC(=O)OCc1ccccc1)C(=O)N[C@@H](CCCN=C(N)N)C(=O)N1CCC[C@H]1C(=O)NCC(N)=O.Cl. The number of likely N-dealkylation sites (tertiary alicyclic amines) is 1. The van der Waals surface area contributed by atoms with Crippen LogP contribution in [0.15, 0.2) is 145 Å². The molecule has 0 saturated carbocycles. The van der Waals surface area contributed by atoms with E-state index in [4.69, 9.17) is 21.9 Å². The number of benzene rings is 5. The zero-order chi connectivity index (χ0) is 69.3. The highest BCUT2D eigenvalue weighted by Crippen LogP contribution is 2.23. The van der Waals surface area contributed by atoms with Gasteiger partial charge >= 0.3 is 6.09 Å². The lowest BCUT2D eigenvalue weighted by Crippen LogP contribution is -2.61. The van der Waals surface area contributed by atoms with Gasteiger partial charge in [-0.1, -0.05) is 117 Å². The quantitative estimate of drug-likeness (QED) is 0.0153. The van der Waals surface area contributed by atoms with E-state index in [1.165, 1.54) is 53.4 Å². The highest BCUT2D eigenvalue weighted by Gasteiger charge is 2.40. The molecule has 1 aliphatic rings. The first kappa shape index (κ1) is 75.3. The molecule has 0 aliphatic carbocycles. The molecule has 0 radical (unpaired) electrons. The average molecular weight is 1360 g/mol. The number of aliphatic imine (C=N–C) groups is 1. The summed E-state index contributed by atoms with van der Waals surface area (Å²) in [7, 11) is 0. The number of nitrogens with zero attached hydrogens (tertiary/aromatic N) is 2. The van der Waals surface area contributed by atoms with E-state index in [2.05, 4.69) is 52.5 Å². The first-order chi connectivity index (χ1) is 46.0. The maximum Gasteiger partial charge on any atom is 0.408 e. The number of alkyl carbamates (subject to hydrolysis) is 1. The molecule has 6 aromatic rings. The van der Waals surface area contributed by atoms with Crippen LogP contribution in [0.4, 0.5) is 4.79 Å². The largest absolute Gasteiger partial charge is 0.508 e. The molecule has 0 bridgehead atoms. The van der Waals surface area contributed by atoms with Crippen LogP contribution in [-0.2, 0) is 80.2 Å². The standard InChI is InChI=1S/C68H84N14O14.ClH/c1-40(2)31-51(59(87)75-50(19-11-29-72-67(70)71)66(94)82-30-12-20-57(82)65(93)74-37-58(69)86)76-60(88)52(33-42-21-25-46(84)26-22-42)77-61(89)53(34-43-23-27-47(85)28-24-43)78-64(92)56(38-83)80-63(91)55(35-45-36-73-49-18-10-9-17-48(45)49)79-62(90)54(32-41-13-5-3-6-14-41)81-68(95)96-39-44-15-7-4-8-16-44;/h3-10,13-18,21-28,36,40,50-57,73,83-85H,11-12,19-20,29-35,37-39H2,1-2H3,(H2,69,86)(H,74,93)(H,75,87)(H,76,88)(H,77,89)(H,78,92)(H,79,90)(H,80,91)(H,81,95)(H4,70,71,72);1H/t50-,51-,52+,53-,54+,55-,56-,57-;/m0./s1. The predicted molar refractivity (Wildman–Crippen MR) is 362 cm³/mol. The van der Waals surface area contributed by atoms with Crippen LogP contribution in [0.3, 0.4) is 0 Å². The van der Waals surface area contributed by atoms with E-state index in [1.54, 1.807) is 98.9 Å². The van der Waals surface area contributed by atoms with Crippen LogP contribution in [0, 0.1) is 5.92 Å². The number of carbonyl (C=O) groups is 10. The minimum Gasteiger partial charge on any atom is -0.508 e. The molecule has 0 unspecified atom stereocenters. The van der Waals surface area contributed by atoms with Crippen molar-refractivity contribution in [2.75, 3.05) is 26.2 Å². The number of fused-ring (bicyclic) bond motifs is 1. The third-order valence-corrected chi connectivity index (χ3v) is 15.8. The number of H-pyrrole nitrogens is 1. The van der Waals surface area contributed by atoms with Gasteiger partial charge < -0.3 is 89.7 Å². The third kappa shape index (κ3) is 23.6. The van der Waals surface area contributed by atoms with Gasteiger partial charge in [0.25, 0.3) is 0 Å². The molecule has 7 rings (SSSR count). The van der Waals surface area contributed by atoms with Gasteiger partial charge in [0, 0.05) is 55.9 Å². The maximum atomic E-state index is 15.0. The number of rotatable bonds is 34. The van der Waals surface area contributed by atoms with Gasteiger partial charge in [0.15, 0.2) is 5.96 Å². The monoisotopic (exact) mass is 1360 g/mol. The van der Waals surface area contributed by atoms with Gasteiger partial charge in [-0.25, -0.2) is 4.79 Å². The van der Waals surface area contributed by atoms with Crippen LogP contribution in [-0.4, -0.2) is 165 Å². The number of aromatic nitrogens is 1. The number of nitrogens with two attached hydrogens (primary N) is 3. The van der Waals surface area contributed by atoms with Crippen LogP contribution in [0.5, 0.6) is 11.5 Å². The van der Waals surface area contributed by atoms with Crippen molar-refractivity contribution < 1.29 is 68.0 Å². The number of para-hydroxylation sites is 1. The summed E-state index contributed by atoms with van der Waals surface area (Å²) in [4.78, 5) is 149. The molecule has 28 nitrogen and oxygen atoms in total. The highest BCUT2D eigenvalue weighted by atomic mass is 35.5. The van der Waals surface area contributed by atoms with E-state index < -0.39 is 121 Å². The molecule has 1 saturated heterocycles. The minimum atomic E-state index is -1.80. The van der Waals surface area contributed by atoms with Crippen molar-refractivity contribution in [2.45, 2.75) is 127 Å². The summed E-state index contributed by atoms with van der Waals surface area (Å²) in [5.41, 5.74) is 19.8. The first-order valence-corrected chi connectivity index (χ1v) is 31.5. The Balaban J connectivity index is 0.0000149. The molecule has 10 amide bonds. The second-order valence-electron chi connectivity index (χ2n) is 23.8. The Hall–Kier alpha value is -10.7. The number of aromatic amines is 1. The van der Waals surface area contributed by atoms with Crippen molar-refractivity contribution in [3.63, 3.8) is 0 Å². The van der Waals surface area contributed by atoms with E-state index >= 15 is 0 Å². The van der Waals surface area contributed by atoms with Crippen LogP contribution in [0.25, 0.3) is 10.9 Å². The summed E-state index contributed by atoms with van der Waals surface area (Å²) in [5, 5.41) is 53.2. The van der Waals surface area contributed by atoms with Gasteiger partial charge in [-0.15, -0.1) is 12.4 Å². The number of aliphatic hydroxyl groups is 1. The van der Waals surface area contributed by atoms with Gasteiger partial charge in [-0.05, 0) is 96.2 Å². The molecule has 1 fully saturated rings. The lowest BCUT2D eigenvalue weighted by atomic mass is 9.99. The molecule has 518 valence electrons. The maximum absolute atomic E-state index is 15.0. The lowest BCUT2D eigenvalue weighted by Gasteiger charge is -2.30. The number of hydrogen-bond donors (Lipinski definition) is 15. The Bertz CT molecular complexity index is 3670. The fourth-order valence-electron chi connectivity index (χ4n) is 10.9. The van der Waals surface area contributed by atoms with E-state index in [0.29, 0.717) is 45.1 Å². The molecule has 1 aromatic heterocycles. The molecule has 29 heteroatoms. The Morgan fingerprint density at radius 2 is 1.04 bits per heavy atom. The zero-order valence-electron chi connectivity index (χ0n) is 53.7. The normalized spacial score (nSPS) is 14.7. The molecule has 2 heterocycles. The number of phenolic OH excluding ortho intramolecular Hbond substituents is 2. The van der Waals surface area contributed by atoms with Gasteiger partial charge in [-0.3, -0.25) is 48.1 Å². The van der Waals surface area contributed by atoms with Gasteiger partial charge in [0.1, 0.15) is 66.4 Å². The number of carbonyl (C=O) groups excluding carboxylic acids is 10. The van der Waals surface area contributed by atoms with E-state index in [1.807, 2.05) is 6.07 Å². The number of halogens is 1. The number of nitrogens with one attached hydrogen (secondary N) is 9. The Labute approximate surface area is 566 Å². The summed E-state index contributed by atoms with van der Waals surface area (Å²) < 4.78 is 5.48. The highest BCUT2D eigenvalue weighted by molar-refractivity contribution is 5.99.